The van der Waals surface area contributed by atoms with E-state index >= 15 is 0 Å². The maximum Gasteiger partial charge on any atom is 0.508 e. The van der Waals surface area contributed by atoms with E-state index < -0.39 is 16.6 Å². The molecular formula is C12H17Cl3N2O4S. The fourth-order valence-corrected chi connectivity index (χ4v) is 2.41. The van der Waals surface area contributed by atoms with Gasteiger partial charge < -0.3 is 20.1 Å². The number of hydrogen-bond acceptors (Lipinski definition) is 5. The van der Waals surface area contributed by atoms with Crippen LogP contribution >= 0.6 is 47.0 Å². The Kier molecular flexibility index (Phi) is 7.96. The summed E-state index contributed by atoms with van der Waals surface area (Å²) in [6, 6.07) is -0.0418. The van der Waals surface area contributed by atoms with E-state index in [1.165, 1.54) is 0 Å². The fraction of sp³-hybridized carbons (Fsp3) is 0.750. The lowest BCUT2D eigenvalue weighted by atomic mass is 9.85. The summed E-state index contributed by atoms with van der Waals surface area (Å²) in [5.41, 5.74) is 0. The van der Waals surface area contributed by atoms with Crippen molar-refractivity contribution < 1.29 is 19.1 Å². The van der Waals surface area contributed by atoms with Crippen LogP contribution in [-0.2, 0) is 14.3 Å². The van der Waals surface area contributed by atoms with E-state index in [1.807, 2.05) is 6.92 Å². The number of β-lactam (4-membered cyclic amide) rings is 1. The first-order chi connectivity index (χ1) is 10.2. The Hall–Kier alpha value is -0.500. The van der Waals surface area contributed by atoms with Gasteiger partial charge >= 0.3 is 6.16 Å². The van der Waals surface area contributed by atoms with Gasteiger partial charge in [-0.1, -0.05) is 47.0 Å². The van der Waals surface area contributed by atoms with E-state index in [2.05, 4.69) is 15.4 Å². The second-order valence-corrected chi connectivity index (χ2v) is 7.68. The van der Waals surface area contributed by atoms with Gasteiger partial charge in [-0.2, -0.15) is 0 Å². The van der Waals surface area contributed by atoms with E-state index in [9.17, 15) is 9.59 Å². The number of rotatable bonds is 7. The van der Waals surface area contributed by atoms with Crippen LogP contribution in [0.1, 0.15) is 19.8 Å². The lowest BCUT2D eigenvalue weighted by molar-refractivity contribution is -0.135. The maximum absolute atomic E-state index is 11.5. The summed E-state index contributed by atoms with van der Waals surface area (Å²) in [6.45, 7) is 2.32. The molecule has 22 heavy (non-hydrogen) atoms. The van der Waals surface area contributed by atoms with E-state index in [0.29, 0.717) is 17.8 Å². The van der Waals surface area contributed by atoms with Gasteiger partial charge in [0, 0.05) is 19.0 Å². The molecule has 1 rings (SSSR count). The van der Waals surface area contributed by atoms with Gasteiger partial charge in [-0.15, -0.1) is 0 Å². The molecule has 1 amide bonds. The minimum Gasteiger partial charge on any atom is -0.434 e. The van der Waals surface area contributed by atoms with Crippen molar-refractivity contribution in [2.24, 2.45) is 5.92 Å². The van der Waals surface area contributed by atoms with Crippen LogP contribution in [0.5, 0.6) is 0 Å². The molecule has 0 spiro atoms. The van der Waals surface area contributed by atoms with Crippen LogP contribution in [0.25, 0.3) is 0 Å². The van der Waals surface area contributed by atoms with Crippen LogP contribution in [0.4, 0.5) is 4.79 Å². The van der Waals surface area contributed by atoms with Crippen molar-refractivity contribution in [2.45, 2.75) is 29.6 Å². The van der Waals surface area contributed by atoms with Crippen molar-refractivity contribution in [2.75, 3.05) is 19.8 Å². The SMILES string of the molecule is CCNC(=S)C[C@H]1NC(=O)[C@@H]1CCOC(=O)OCC(Cl)(Cl)Cl. The number of ether oxygens (including phenoxy) is 2. The Morgan fingerprint density at radius 3 is 2.64 bits per heavy atom. The molecule has 0 saturated carbocycles. The van der Waals surface area contributed by atoms with Crippen molar-refractivity contribution in [1.82, 2.24) is 10.6 Å². The first-order valence-electron chi connectivity index (χ1n) is 6.66. The number of thiocarbonyl (C=S) groups is 1. The molecule has 6 nitrogen and oxygen atoms in total. The molecule has 1 fully saturated rings. The van der Waals surface area contributed by atoms with Gasteiger partial charge in [0.25, 0.3) is 0 Å². The highest BCUT2D eigenvalue weighted by molar-refractivity contribution is 7.80. The van der Waals surface area contributed by atoms with Gasteiger partial charge in [-0.25, -0.2) is 4.79 Å². The smallest absolute Gasteiger partial charge is 0.434 e. The number of halogens is 3. The minimum absolute atomic E-state index is 0.0418. The van der Waals surface area contributed by atoms with Crippen molar-refractivity contribution in [3.63, 3.8) is 0 Å². The summed E-state index contributed by atoms with van der Waals surface area (Å²) < 4.78 is 7.75. The molecule has 2 atom stereocenters. The molecule has 0 unspecified atom stereocenters. The average Bonchev–Trinajstić information content (AvgIpc) is 2.40. The second kappa shape index (κ2) is 8.96. The lowest BCUT2D eigenvalue weighted by Gasteiger charge is -2.36. The van der Waals surface area contributed by atoms with Gasteiger partial charge in [0.15, 0.2) is 0 Å². The third-order valence-electron chi connectivity index (χ3n) is 2.93. The Morgan fingerprint density at radius 2 is 2.09 bits per heavy atom. The predicted molar refractivity (Wildman–Crippen MR) is 88.5 cm³/mol. The van der Waals surface area contributed by atoms with E-state index in [0.717, 1.165) is 6.54 Å². The molecule has 10 heteroatoms. The molecular weight excluding hydrogens is 375 g/mol. The Labute approximate surface area is 149 Å². The predicted octanol–water partition coefficient (Wildman–Crippen LogP) is 2.34. The highest BCUT2D eigenvalue weighted by Gasteiger charge is 2.39. The molecule has 0 aliphatic carbocycles. The minimum atomic E-state index is -1.68. The monoisotopic (exact) mass is 390 g/mol. The number of hydrogen-bond donors (Lipinski definition) is 2. The summed E-state index contributed by atoms with van der Waals surface area (Å²) in [7, 11) is 0. The summed E-state index contributed by atoms with van der Waals surface area (Å²) in [6.07, 6.45) is 0.0107. The number of nitrogens with one attached hydrogen (secondary N) is 2. The number of carbonyl (C=O) groups is 2. The van der Waals surface area contributed by atoms with Crippen molar-refractivity contribution >= 4 is 64.1 Å². The zero-order valence-electron chi connectivity index (χ0n) is 11.9. The van der Waals surface area contributed by atoms with Gasteiger partial charge in [-0.05, 0) is 13.3 Å². The zero-order chi connectivity index (χ0) is 16.8. The molecule has 0 aromatic carbocycles. The molecule has 1 heterocycles. The Balaban J connectivity index is 2.24. The quantitative estimate of drug-likeness (QED) is 0.300. The summed E-state index contributed by atoms with van der Waals surface area (Å²) in [5.74, 6) is -0.319. The maximum atomic E-state index is 11.5. The first-order valence-corrected chi connectivity index (χ1v) is 8.20. The molecule has 0 radical (unpaired) electrons. The number of amides is 1. The zero-order valence-corrected chi connectivity index (χ0v) is 14.9. The Bertz CT molecular complexity index is 431. The van der Waals surface area contributed by atoms with Crippen molar-refractivity contribution in [1.29, 1.82) is 0 Å². The van der Waals surface area contributed by atoms with Gasteiger partial charge in [0.2, 0.25) is 9.70 Å². The van der Waals surface area contributed by atoms with Crippen LogP contribution in [-0.4, -0.2) is 46.6 Å². The standard InChI is InChI=1S/C12H17Cl3N2O4S/c1-2-16-9(22)5-8-7(10(18)17-8)3-4-20-11(19)21-6-12(13,14)15/h7-8H,2-6H2,1H3,(H,16,22)(H,17,18)/t7-,8-/m1/s1. The topological polar surface area (TPSA) is 76.7 Å². The number of carbonyl (C=O) groups excluding carboxylic acids is 2. The van der Waals surface area contributed by atoms with Crippen molar-refractivity contribution in [3.05, 3.63) is 0 Å². The molecule has 0 aromatic rings. The van der Waals surface area contributed by atoms with Crippen LogP contribution in [0, 0.1) is 5.92 Å². The third kappa shape index (κ3) is 7.17. The Morgan fingerprint density at radius 1 is 1.41 bits per heavy atom. The third-order valence-corrected chi connectivity index (χ3v) is 3.57. The van der Waals surface area contributed by atoms with Gasteiger partial charge in [0.05, 0.1) is 17.5 Å². The highest BCUT2D eigenvalue weighted by Crippen LogP contribution is 2.26. The molecule has 2 N–H and O–H groups in total. The summed E-state index contributed by atoms with van der Waals surface area (Å²) in [5, 5.41) is 5.80. The molecule has 0 bridgehead atoms. The van der Waals surface area contributed by atoms with Gasteiger partial charge in [-0.3, -0.25) is 4.79 Å². The van der Waals surface area contributed by atoms with Crippen LogP contribution < -0.4 is 10.6 Å². The van der Waals surface area contributed by atoms with E-state index in [1.54, 1.807) is 0 Å². The molecule has 1 saturated heterocycles. The molecule has 0 aromatic heterocycles. The number of alkyl halides is 3. The summed E-state index contributed by atoms with van der Waals surface area (Å²) >= 11 is 21.4. The van der Waals surface area contributed by atoms with Gasteiger partial charge in [0.1, 0.15) is 6.61 Å². The largest absolute Gasteiger partial charge is 0.508 e. The summed E-state index contributed by atoms with van der Waals surface area (Å²) in [4.78, 5) is 23.5. The molecule has 1 aliphatic rings. The second-order valence-electron chi connectivity index (χ2n) is 4.67. The van der Waals surface area contributed by atoms with Crippen LogP contribution in [0.3, 0.4) is 0 Å². The first kappa shape index (κ1) is 19.5. The normalized spacial score (nSPS) is 20.6. The van der Waals surface area contributed by atoms with E-state index in [-0.39, 0.29) is 24.5 Å². The van der Waals surface area contributed by atoms with Crippen molar-refractivity contribution in [3.8, 4) is 0 Å². The van der Waals surface area contributed by atoms with Crippen LogP contribution in [0.2, 0.25) is 0 Å². The highest BCUT2D eigenvalue weighted by atomic mass is 35.6. The average molecular weight is 392 g/mol. The fourth-order valence-electron chi connectivity index (χ4n) is 1.92. The lowest BCUT2D eigenvalue weighted by Crippen LogP contribution is -2.59. The molecule has 126 valence electrons. The van der Waals surface area contributed by atoms with E-state index in [4.69, 9.17) is 51.8 Å². The molecule has 1 aliphatic heterocycles. The van der Waals surface area contributed by atoms with Crippen LogP contribution in [0.15, 0.2) is 0 Å².